The molecule has 1 amide bonds. The van der Waals surface area contributed by atoms with E-state index >= 15 is 0 Å². The molecule has 0 heterocycles. The Morgan fingerprint density at radius 1 is 1.43 bits per heavy atom. The number of nitrogens with zero attached hydrogens (tertiary/aromatic N) is 1. The normalized spacial score (nSPS) is 10.4. The summed E-state index contributed by atoms with van der Waals surface area (Å²) in [6.45, 7) is 0.977. The zero-order valence-electron chi connectivity index (χ0n) is 11.7. The predicted molar refractivity (Wildman–Crippen MR) is 75.5 cm³/mol. The number of hydrogen-bond acceptors (Lipinski definition) is 5. The Bertz CT molecular complexity index is 522. The van der Waals surface area contributed by atoms with E-state index in [4.69, 9.17) is 10.5 Å². The Morgan fingerprint density at radius 3 is 2.76 bits per heavy atom. The number of benzene rings is 1. The number of methoxy groups -OCH3 is 1. The van der Waals surface area contributed by atoms with Crippen LogP contribution in [0.3, 0.4) is 0 Å². The minimum absolute atomic E-state index is 0.337. The second-order valence-electron chi connectivity index (χ2n) is 4.42. The van der Waals surface area contributed by atoms with Gasteiger partial charge in [0.1, 0.15) is 17.1 Å². The molecule has 1 aromatic carbocycles. The van der Waals surface area contributed by atoms with Crippen molar-refractivity contribution >= 4 is 17.3 Å². The van der Waals surface area contributed by atoms with Crippen molar-refractivity contribution in [2.75, 3.05) is 26.0 Å². The number of ether oxygens (including phenoxy) is 1. The number of nitro benzene ring substituents is 1. The van der Waals surface area contributed by atoms with Crippen molar-refractivity contribution < 1.29 is 18.8 Å². The van der Waals surface area contributed by atoms with Gasteiger partial charge in [0.05, 0.1) is 4.92 Å². The molecule has 8 heteroatoms. The molecule has 0 unspecified atom stereocenters. The van der Waals surface area contributed by atoms with Crippen LogP contribution >= 0.6 is 0 Å². The third-order valence-corrected chi connectivity index (χ3v) is 2.91. The minimum Gasteiger partial charge on any atom is -0.392 e. The highest BCUT2D eigenvalue weighted by atomic mass is 19.1. The zero-order valence-corrected chi connectivity index (χ0v) is 11.7. The summed E-state index contributed by atoms with van der Waals surface area (Å²) in [4.78, 5) is 21.8. The number of halogens is 1. The molecule has 21 heavy (non-hydrogen) atoms. The van der Waals surface area contributed by atoms with Crippen molar-refractivity contribution in [3.05, 3.63) is 33.6 Å². The summed E-state index contributed by atoms with van der Waals surface area (Å²) in [5.41, 5.74) is 4.07. The van der Waals surface area contributed by atoms with Gasteiger partial charge in [-0.05, 0) is 25.3 Å². The number of nitro groups is 1. The first kappa shape index (κ1) is 16.8. The van der Waals surface area contributed by atoms with Gasteiger partial charge in [-0.2, -0.15) is 0 Å². The summed E-state index contributed by atoms with van der Waals surface area (Å²) in [5.74, 6) is -1.63. The number of carbonyl (C=O) groups is 1. The second kappa shape index (κ2) is 8.15. The van der Waals surface area contributed by atoms with Gasteiger partial charge in [0.15, 0.2) is 0 Å². The van der Waals surface area contributed by atoms with E-state index in [1.165, 1.54) is 0 Å². The summed E-state index contributed by atoms with van der Waals surface area (Å²) in [7, 11) is 1.61. The van der Waals surface area contributed by atoms with Crippen LogP contribution in [0, 0.1) is 15.9 Å². The Kier molecular flexibility index (Phi) is 6.54. The Balaban J connectivity index is 2.66. The van der Waals surface area contributed by atoms with Crippen molar-refractivity contribution in [3.8, 4) is 0 Å². The third kappa shape index (κ3) is 4.67. The maximum atomic E-state index is 13.6. The standard InChI is InChI=1S/C13H18FN3O4/c1-21-8-4-2-3-7-16-13(18)11-9(14)5-6-10(12(11)15)17(19)20/h5-6H,2-4,7-8,15H2,1H3,(H,16,18). The van der Waals surface area contributed by atoms with Gasteiger partial charge < -0.3 is 15.8 Å². The number of hydrogen-bond donors (Lipinski definition) is 2. The number of nitrogens with two attached hydrogens (primary N) is 1. The molecule has 0 aromatic heterocycles. The van der Waals surface area contributed by atoms with Gasteiger partial charge in [-0.3, -0.25) is 14.9 Å². The van der Waals surface area contributed by atoms with Crippen LogP contribution in [0.25, 0.3) is 0 Å². The van der Waals surface area contributed by atoms with Gasteiger partial charge in [-0.15, -0.1) is 0 Å². The average Bonchev–Trinajstić information content (AvgIpc) is 2.42. The highest BCUT2D eigenvalue weighted by Gasteiger charge is 2.23. The van der Waals surface area contributed by atoms with Gasteiger partial charge in [0.25, 0.3) is 11.6 Å². The third-order valence-electron chi connectivity index (χ3n) is 2.91. The SMILES string of the molecule is COCCCCCNC(=O)c1c(F)ccc([N+](=O)[O-])c1N. The lowest BCUT2D eigenvalue weighted by Gasteiger charge is -2.08. The van der Waals surface area contributed by atoms with E-state index in [-0.39, 0.29) is 0 Å². The molecule has 0 aliphatic rings. The fraction of sp³-hybridized carbons (Fsp3) is 0.462. The molecule has 7 nitrogen and oxygen atoms in total. The van der Waals surface area contributed by atoms with Crippen molar-refractivity contribution in [1.29, 1.82) is 0 Å². The number of anilines is 1. The van der Waals surface area contributed by atoms with Gasteiger partial charge >= 0.3 is 0 Å². The van der Waals surface area contributed by atoms with Gasteiger partial charge in [0, 0.05) is 26.3 Å². The molecule has 0 radical (unpaired) electrons. The maximum Gasteiger partial charge on any atom is 0.293 e. The first-order valence-electron chi connectivity index (χ1n) is 6.48. The van der Waals surface area contributed by atoms with Crippen molar-refractivity contribution in [2.45, 2.75) is 19.3 Å². The molecule has 0 spiro atoms. The zero-order chi connectivity index (χ0) is 15.8. The van der Waals surface area contributed by atoms with Gasteiger partial charge in [-0.25, -0.2) is 4.39 Å². The van der Waals surface area contributed by atoms with Crippen LogP contribution in [0.1, 0.15) is 29.6 Å². The molecule has 0 atom stereocenters. The number of rotatable bonds is 8. The lowest BCUT2D eigenvalue weighted by Crippen LogP contribution is -2.26. The van der Waals surface area contributed by atoms with Crippen LogP contribution < -0.4 is 11.1 Å². The van der Waals surface area contributed by atoms with Crippen molar-refractivity contribution in [3.63, 3.8) is 0 Å². The van der Waals surface area contributed by atoms with Crippen LogP contribution in [-0.4, -0.2) is 31.1 Å². The Labute approximate surface area is 121 Å². The quantitative estimate of drug-likeness (QED) is 0.330. The first-order chi connectivity index (χ1) is 9.99. The van der Waals surface area contributed by atoms with Crippen molar-refractivity contribution in [1.82, 2.24) is 5.32 Å². The molecule has 0 aliphatic heterocycles. The molecule has 116 valence electrons. The van der Waals surface area contributed by atoms with E-state index in [0.29, 0.717) is 19.6 Å². The van der Waals surface area contributed by atoms with Crippen LogP contribution in [0.5, 0.6) is 0 Å². The highest BCUT2D eigenvalue weighted by molar-refractivity contribution is 6.01. The molecule has 0 aliphatic carbocycles. The summed E-state index contributed by atoms with van der Waals surface area (Å²) in [5, 5.41) is 13.2. The fourth-order valence-electron chi connectivity index (χ4n) is 1.81. The molecule has 0 fully saturated rings. The second-order valence-corrected chi connectivity index (χ2v) is 4.42. The Hall–Kier alpha value is -2.22. The summed E-state index contributed by atoms with van der Waals surface area (Å²) in [6, 6.07) is 1.80. The van der Waals surface area contributed by atoms with E-state index in [2.05, 4.69) is 5.32 Å². The maximum absolute atomic E-state index is 13.6. The summed E-state index contributed by atoms with van der Waals surface area (Å²) in [6.07, 6.45) is 2.41. The van der Waals surface area contributed by atoms with E-state index in [1.807, 2.05) is 0 Å². The lowest BCUT2D eigenvalue weighted by atomic mass is 10.1. The van der Waals surface area contributed by atoms with Gasteiger partial charge in [0.2, 0.25) is 0 Å². The molecule has 1 aromatic rings. The number of nitrogens with one attached hydrogen (secondary N) is 1. The molecular weight excluding hydrogens is 281 g/mol. The van der Waals surface area contributed by atoms with Crippen LogP contribution in [0.15, 0.2) is 12.1 Å². The largest absolute Gasteiger partial charge is 0.392 e. The number of amides is 1. The van der Waals surface area contributed by atoms with Crippen molar-refractivity contribution in [2.24, 2.45) is 0 Å². The molecular formula is C13H18FN3O4. The lowest BCUT2D eigenvalue weighted by molar-refractivity contribution is -0.384. The average molecular weight is 299 g/mol. The minimum atomic E-state index is -0.880. The summed E-state index contributed by atoms with van der Waals surface area (Å²) < 4.78 is 18.5. The number of nitrogen functional groups attached to an aromatic ring is 1. The number of unbranched alkanes of at least 4 members (excludes halogenated alkanes) is 2. The van der Waals surface area contributed by atoms with E-state index in [0.717, 1.165) is 25.0 Å². The molecule has 1 rings (SSSR count). The molecule has 0 saturated heterocycles. The smallest absolute Gasteiger partial charge is 0.293 e. The van der Waals surface area contributed by atoms with Crippen LogP contribution in [-0.2, 0) is 4.74 Å². The highest BCUT2D eigenvalue weighted by Crippen LogP contribution is 2.27. The van der Waals surface area contributed by atoms with E-state index in [1.54, 1.807) is 7.11 Å². The van der Waals surface area contributed by atoms with E-state index in [9.17, 15) is 19.3 Å². The molecule has 0 bridgehead atoms. The summed E-state index contributed by atoms with van der Waals surface area (Å²) >= 11 is 0. The van der Waals surface area contributed by atoms with E-state index < -0.39 is 33.6 Å². The van der Waals surface area contributed by atoms with Crippen LogP contribution in [0.2, 0.25) is 0 Å². The molecule has 0 saturated carbocycles. The topological polar surface area (TPSA) is 107 Å². The monoisotopic (exact) mass is 299 g/mol. The first-order valence-corrected chi connectivity index (χ1v) is 6.48. The number of carbonyl (C=O) groups excluding carboxylic acids is 1. The van der Waals surface area contributed by atoms with Crippen LogP contribution in [0.4, 0.5) is 15.8 Å². The Morgan fingerprint density at radius 2 is 2.14 bits per heavy atom. The fourth-order valence-corrected chi connectivity index (χ4v) is 1.81. The molecule has 3 N–H and O–H groups in total. The predicted octanol–water partition coefficient (Wildman–Crippen LogP) is 1.86. The van der Waals surface area contributed by atoms with Gasteiger partial charge in [-0.1, -0.05) is 0 Å².